The average molecular weight is 273 g/mol. The van der Waals surface area contributed by atoms with E-state index in [9.17, 15) is 13.2 Å². The van der Waals surface area contributed by atoms with E-state index in [2.05, 4.69) is 9.97 Å². The molecule has 0 aliphatic heterocycles. The van der Waals surface area contributed by atoms with Crippen LogP contribution in [0.5, 0.6) is 0 Å². The third kappa shape index (κ3) is 3.20. The Bertz CT molecular complexity index is 521. The number of nitrogens with zero attached hydrogens (tertiary/aromatic N) is 2. The van der Waals surface area contributed by atoms with Crippen LogP contribution in [-0.2, 0) is 12.6 Å². The van der Waals surface area contributed by atoms with Gasteiger partial charge in [0.15, 0.2) is 0 Å². The summed E-state index contributed by atoms with van der Waals surface area (Å²) in [5.74, 6) is 0. The monoisotopic (exact) mass is 272 g/mol. The number of rotatable bonds is 2. The Kier molecular flexibility index (Phi) is 3.52. The largest absolute Gasteiger partial charge is 0.416 e. The SMILES string of the molecule is FC(F)(F)c1ccc(Cc2cnc(Cl)nc2)cc1. The van der Waals surface area contributed by atoms with E-state index in [0.717, 1.165) is 23.3 Å². The first kappa shape index (κ1) is 12.8. The number of hydrogen-bond acceptors (Lipinski definition) is 2. The van der Waals surface area contributed by atoms with Crippen molar-refractivity contribution >= 4 is 11.6 Å². The highest BCUT2D eigenvalue weighted by atomic mass is 35.5. The van der Waals surface area contributed by atoms with E-state index in [1.807, 2.05) is 0 Å². The van der Waals surface area contributed by atoms with Crippen molar-refractivity contribution in [1.29, 1.82) is 0 Å². The van der Waals surface area contributed by atoms with Crippen LogP contribution >= 0.6 is 11.6 Å². The minimum atomic E-state index is -4.30. The van der Waals surface area contributed by atoms with Gasteiger partial charge in [-0.15, -0.1) is 0 Å². The van der Waals surface area contributed by atoms with E-state index in [1.165, 1.54) is 12.1 Å². The Morgan fingerprint density at radius 2 is 1.50 bits per heavy atom. The fourth-order valence-corrected chi connectivity index (χ4v) is 1.58. The molecule has 0 atom stereocenters. The van der Waals surface area contributed by atoms with Crippen LogP contribution in [0.25, 0.3) is 0 Å². The molecule has 0 saturated carbocycles. The molecule has 1 heterocycles. The molecule has 1 aromatic heterocycles. The van der Waals surface area contributed by atoms with Gasteiger partial charge in [0.05, 0.1) is 5.56 Å². The maximum absolute atomic E-state index is 12.4. The number of hydrogen-bond donors (Lipinski definition) is 0. The highest BCUT2D eigenvalue weighted by molar-refractivity contribution is 6.28. The summed E-state index contributed by atoms with van der Waals surface area (Å²) in [6, 6.07) is 5.01. The van der Waals surface area contributed by atoms with Crippen molar-refractivity contribution < 1.29 is 13.2 Å². The van der Waals surface area contributed by atoms with Gasteiger partial charge in [0.2, 0.25) is 5.28 Å². The van der Waals surface area contributed by atoms with E-state index >= 15 is 0 Å². The number of halogens is 4. The Balaban J connectivity index is 2.13. The van der Waals surface area contributed by atoms with Gasteiger partial charge in [-0.3, -0.25) is 0 Å². The fraction of sp³-hybridized carbons (Fsp3) is 0.167. The van der Waals surface area contributed by atoms with Crippen molar-refractivity contribution in [3.63, 3.8) is 0 Å². The number of benzene rings is 1. The first-order valence-corrected chi connectivity index (χ1v) is 5.45. The van der Waals surface area contributed by atoms with Gasteiger partial charge in [-0.05, 0) is 34.9 Å². The van der Waals surface area contributed by atoms with Crippen molar-refractivity contribution in [2.75, 3.05) is 0 Å². The predicted octanol–water partition coefficient (Wildman–Crippen LogP) is 3.74. The van der Waals surface area contributed by atoms with Crippen molar-refractivity contribution in [3.8, 4) is 0 Å². The van der Waals surface area contributed by atoms with Crippen molar-refractivity contribution in [2.45, 2.75) is 12.6 Å². The lowest BCUT2D eigenvalue weighted by atomic mass is 10.1. The Hall–Kier alpha value is -1.62. The zero-order valence-electron chi connectivity index (χ0n) is 9.08. The summed E-state index contributed by atoms with van der Waals surface area (Å²) in [5, 5.41) is 0.145. The van der Waals surface area contributed by atoms with Crippen LogP contribution in [0.15, 0.2) is 36.7 Å². The third-order valence-corrected chi connectivity index (χ3v) is 2.56. The Labute approximate surface area is 106 Å². The normalized spacial score (nSPS) is 11.6. The fourth-order valence-electron chi connectivity index (χ4n) is 1.48. The van der Waals surface area contributed by atoms with Gasteiger partial charge in [-0.1, -0.05) is 12.1 Å². The molecular weight excluding hydrogens is 265 g/mol. The molecule has 0 aliphatic rings. The van der Waals surface area contributed by atoms with Crippen LogP contribution in [0.2, 0.25) is 5.28 Å². The summed E-state index contributed by atoms with van der Waals surface area (Å²) >= 11 is 5.54. The molecule has 2 rings (SSSR count). The summed E-state index contributed by atoms with van der Waals surface area (Å²) in [4.78, 5) is 7.61. The summed E-state index contributed by atoms with van der Waals surface area (Å²) in [7, 11) is 0. The van der Waals surface area contributed by atoms with E-state index < -0.39 is 11.7 Å². The molecule has 0 unspecified atom stereocenters. The molecule has 2 nitrogen and oxygen atoms in total. The van der Waals surface area contributed by atoms with E-state index in [4.69, 9.17) is 11.6 Å². The molecule has 6 heteroatoms. The second-order valence-corrected chi connectivity index (χ2v) is 4.07. The Morgan fingerprint density at radius 3 is 2.00 bits per heavy atom. The third-order valence-electron chi connectivity index (χ3n) is 2.36. The van der Waals surface area contributed by atoms with E-state index in [-0.39, 0.29) is 5.28 Å². The van der Waals surface area contributed by atoms with Crippen LogP contribution in [0, 0.1) is 0 Å². The van der Waals surface area contributed by atoms with Gasteiger partial charge in [0, 0.05) is 18.8 Å². The quantitative estimate of drug-likeness (QED) is 0.778. The van der Waals surface area contributed by atoms with E-state index in [0.29, 0.717) is 6.42 Å². The molecule has 0 aliphatic carbocycles. The molecule has 0 fully saturated rings. The van der Waals surface area contributed by atoms with Gasteiger partial charge in [0.25, 0.3) is 0 Å². The molecule has 0 amide bonds. The predicted molar refractivity (Wildman–Crippen MR) is 61.3 cm³/mol. The first-order valence-electron chi connectivity index (χ1n) is 5.08. The topological polar surface area (TPSA) is 25.8 Å². The zero-order valence-corrected chi connectivity index (χ0v) is 9.83. The highest BCUT2D eigenvalue weighted by Crippen LogP contribution is 2.29. The Morgan fingerprint density at radius 1 is 0.944 bits per heavy atom. The smallest absolute Gasteiger partial charge is 0.226 e. The van der Waals surface area contributed by atoms with Crippen molar-refractivity contribution in [3.05, 3.63) is 58.6 Å². The van der Waals surface area contributed by atoms with Gasteiger partial charge in [-0.2, -0.15) is 13.2 Å². The van der Waals surface area contributed by atoms with E-state index in [1.54, 1.807) is 12.4 Å². The summed E-state index contributed by atoms with van der Waals surface area (Å²) in [6.45, 7) is 0. The molecule has 94 valence electrons. The van der Waals surface area contributed by atoms with Gasteiger partial charge in [-0.25, -0.2) is 9.97 Å². The summed E-state index contributed by atoms with van der Waals surface area (Å²) < 4.78 is 37.1. The molecule has 0 N–H and O–H groups in total. The lowest BCUT2D eigenvalue weighted by molar-refractivity contribution is -0.137. The number of aromatic nitrogens is 2. The van der Waals surface area contributed by atoms with Crippen molar-refractivity contribution in [2.24, 2.45) is 0 Å². The van der Waals surface area contributed by atoms with Gasteiger partial charge in [0.1, 0.15) is 0 Å². The second-order valence-electron chi connectivity index (χ2n) is 3.73. The lowest BCUT2D eigenvalue weighted by Gasteiger charge is -2.07. The first-order chi connectivity index (χ1) is 8.45. The molecule has 0 saturated heterocycles. The summed E-state index contributed by atoms with van der Waals surface area (Å²) in [6.07, 6.45) is -0.739. The molecular formula is C12H8ClF3N2. The molecule has 0 spiro atoms. The number of alkyl halides is 3. The molecule has 0 bridgehead atoms. The molecule has 2 aromatic rings. The van der Waals surface area contributed by atoms with Crippen LogP contribution in [-0.4, -0.2) is 9.97 Å². The average Bonchev–Trinajstić information content (AvgIpc) is 2.32. The van der Waals surface area contributed by atoms with Crippen molar-refractivity contribution in [1.82, 2.24) is 9.97 Å². The summed E-state index contributed by atoms with van der Waals surface area (Å²) in [5.41, 5.74) is 0.895. The highest BCUT2D eigenvalue weighted by Gasteiger charge is 2.29. The molecule has 0 radical (unpaired) electrons. The maximum Gasteiger partial charge on any atom is 0.416 e. The van der Waals surface area contributed by atoms with Crippen LogP contribution in [0.4, 0.5) is 13.2 Å². The van der Waals surface area contributed by atoms with Gasteiger partial charge < -0.3 is 0 Å². The minimum Gasteiger partial charge on any atom is -0.226 e. The van der Waals surface area contributed by atoms with Crippen LogP contribution in [0.1, 0.15) is 16.7 Å². The molecule has 1 aromatic carbocycles. The maximum atomic E-state index is 12.4. The minimum absolute atomic E-state index is 0.145. The van der Waals surface area contributed by atoms with Crippen LogP contribution in [0.3, 0.4) is 0 Å². The molecule has 18 heavy (non-hydrogen) atoms. The van der Waals surface area contributed by atoms with Crippen LogP contribution < -0.4 is 0 Å². The van der Waals surface area contributed by atoms with Gasteiger partial charge >= 0.3 is 6.18 Å². The zero-order chi connectivity index (χ0) is 13.2. The lowest BCUT2D eigenvalue weighted by Crippen LogP contribution is -2.04. The second kappa shape index (κ2) is 4.94. The standard InChI is InChI=1S/C12H8ClF3N2/c13-11-17-6-9(7-18-11)5-8-1-3-10(4-2-8)12(14,15)16/h1-4,6-7H,5H2.